The minimum absolute atomic E-state index is 0.0375. The van der Waals surface area contributed by atoms with Crippen molar-refractivity contribution in [2.75, 3.05) is 11.9 Å². The number of anilines is 1. The van der Waals surface area contributed by atoms with E-state index < -0.39 is 0 Å². The number of carbonyl (C=O) groups excluding carboxylic acids is 1. The first-order valence-corrected chi connectivity index (χ1v) is 6.16. The van der Waals surface area contributed by atoms with E-state index in [0.717, 1.165) is 10.2 Å². The van der Waals surface area contributed by atoms with E-state index in [2.05, 4.69) is 40.4 Å². The topological polar surface area (TPSA) is 41.1 Å². The van der Waals surface area contributed by atoms with Crippen molar-refractivity contribution in [3.8, 4) is 0 Å². The molecule has 0 atom stereocenters. The first-order chi connectivity index (χ1) is 7.58. The lowest BCUT2D eigenvalue weighted by molar-refractivity contribution is -0.116. The number of halogens is 1. The Balaban J connectivity index is 2.31. The molecule has 0 aliphatic heterocycles. The monoisotopic (exact) mass is 284 g/mol. The third kappa shape index (κ3) is 5.28. The number of hydrogen-bond acceptors (Lipinski definition) is 2. The number of nitrogens with one attached hydrogen (secondary N) is 2. The molecule has 0 radical (unpaired) electrons. The van der Waals surface area contributed by atoms with Crippen molar-refractivity contribution in [1.82, 2.24) is 5.32 Å². The quantitative estimate of drug-likeness (QED) is 0.873. The molecule has 0 saturated heterocycles. The number of amides is 1. The molecule has 1 rings (SSSR count). The normalized spacial score (nSPS) is 10.5. The predicted molar refractivity (Wildman–Crippen MR) is 70.5 cm³/mol. The lowest BCUT2D eigenvalue weighted by Crippen LogP contribution is -2.27. The van der Waals surface area contributed by atoms with E-state index in [1.165, 1.54) is 0 Å². The van der Waals surface area contributed by atoms with Crippen LogP contribution in [0.3, 0.4) is 0 Å². The third-order valence-electron chi connectivity index (χ3n) is 2.03. The van der Waals surface area contributed by atoms with Crippen LogP contribution in [-0.4, -0.2) is 18.5 Å². The molecule has 2 N–H and O–H groups in total. The number of carbonyl (C=O) groups is 1. The summed E-state index contributed by atoms with van der Waals surface area (Å²) in [5.41, 5.74) is 0.831. The summed E-state index contributed by atoms with van der Waals surface area (Å²) in [7, 11) is 0. The molecule has 1 amide bonds. The van der Waals surface area contributed by atoms with E-state index in [-0.39, 0.29) is 5.91 Å². The number of hydrogen-bond donors (Lipinski definition) is 2. The van der Waals surface area contributed by atoms with Crippen molar-refractivity contribution in [3.63, 3.8) is 0 Å². The van der Waals surface area contributed by atoms with E-state index in [0.29, 0.717) is 19.0 Å². The summed E-state index contributed by atoms with van der Waals surface area (Å²) >= 11 is 3.35. The van der Waals surface area contributed by atoms with Gasteiger partial charge in [-0.2, -0.15) is 0 Å². The highest BCUT2D eigenvalue weighted by atomic mass is 79.9. The van der Waals surface area contributed by atoms with Crippen LogP contribution in [-0.2, 0) is 4.79 Å². The molecule has 0 bridgehead atoms. The molecule has 88 valence electrons. The van der Waals surface area contributed by atoms with Gasteiger partial charge in [-0.25, -0.2) is 0 Å². The van der Waals surface area contributed by atoms with E-state index in [4.69, 9.17) is 0 Å². The molecular formula is C12H17BrN2O. The van der Waals surface area contributed by atoms with Crippen molar-refractivity contribution in [2.45, 2.75) is 26.3 Å². The Morgan fingerprint density at radius 3 is 2.50 bits per heavy atom. The SMILES string of the molecule is CC(C)NCCC(=O)Nc1ccc(Br)cc1. The summed E-state index contributed by atoms with van der Waals surface area (Å²) in [6.07, 6.45) is 0.494. The lowest BCUT2D eigenvalue weighted by atomic mass is 10.3. The van der Waals surface area contributed by atoms with Crippen LogP contribution in [0.15, 0.2) is 28.7 Å². The molecule has 0 spiro atoms. The largest absolute Gasteiger partial charge is 0.326 e. The Bertz CT molecular complexity index is 335. The number of rotatable bonds is 5. The maximum atomic E-state index is 11.5. The van der Waals surface area contributed by atoms with Gasteiger partial charge in [-0.1, -0.05) is 29.8 Å². The summed E-state index contributed by atoms with van der Waals surface area (Å²) in [5, 5.41) is 6.05. The molecule has 1 aromatic rings. The second-order valence-electron chi connectivity index (χ2n) is 3.91. The van der Waals surface area contributed by atoms with Crippen LogP contribution in [0.25, 0.3) is 0 Å². The highest BCUT2D eigenvalue weighted by molar-refractivity contribution is 9.10. The second kappa shape index (κ2) is 6.66. The zero-order valence-electron chi connectivity index (χ0n) is 9.59. The molecule has 0 heterocycles. The van der Waals surface area contributed by atoms with E-state index in [1.54, 1.807) is 0 Å². The fourth-order valence-electron chi connectivity index (χ4n) is 1.23. The summed E-state index contributed by atoms with van der Waals surface area (Å²) in [5.74, 6) is 0.0375. The Morgan fingerprint density at radius 1 is 1.31 bits per heavy atom. The zero-order chi connectivity index (χ0) is 12.0. The van der Waals surface area contributed by atoms with Crippen LogP contribution in [0.1, 0.15) is 20.3 Å². The molecule has 0 aliphatic rings. The van der Waals surface area contributed by atoms with Gasteiger partial charge in [-0.3, -0.25) is 4.79 Å². The van der Waals surface area contributed by atoms with Gasteiger partial charge in [0, 0.05) is 29.2 Å². The van der Waals surface area contributed by atoms with Crippen LogP contribution in [0, 0.1) is 0 Å². The van der Waals surface area contributed by atoms with Gasteiger partial charge < -0.3 is 10.6 Å². The average molecular weight is 285 g/mol. The first-order valence-electron chi connectivity index (χ1n) is 5.36. The van der Waals surface area contributed by atoms with Gasteiger partial charge in [-0.05, 0) is 24.3 Å². The van der Waals surface area contributed by atoms with Gasteiger partial charge in [0.1, 0.15) is 0 Å². The smallest absolute Gasteiger partial charge is 0.225 e. The van der Waals surface area contributed by atoms with Crippen LogP contribution in [0.2, 0.25) is 0 Å². The predicted octanol–water partition coefficient (Wildman–Crippen LogP) is 2.78. The fraction of sp³-hybridized carbons (Fsp3) is 0.417. The highest BCUT2D eigenvalue weighted by Crippen LogP contribution is 2.14. The van der Waals surface area contributed by atoms with Crippen molar-refractivity contribution < 1.29 is 4.79 Å². The Labute approximate surface area is 105 Å². The zero-order valence-corrected chi connectivity index (χ0v) is 11.2. The maximum absolute atomic E-state index is 11.5. The molecule has 16 heavy (non-hydrogen) atoms. The minimum Gasteiger partial charge on any atom is -0.326 e. The first kappa shape index (κ1) is 13.2. The van der Waals surface area contributed by atoms with Crippen LogP contribution >= 0.6 is 15.9 Å². The molecule has 1 aromatic carbocycles. The van der Waals surface area contributed by atoms with E-state index in [1.807, 2.05) is 24.3 Å². The molecule has 0 aromatic heterocycles. The molecule has 0 saturated carbocycles. The summed E-state index contributed by atoms with van der Waals surface area (Å²) in [6, 6.07) is 7.97. The van der Waals surface area contributed by atoms with Crippen molar-refractivity contribution in [3.05, 3.63) is 28.7 Å². The Hall–Kier alpha value is -0.870. The van der Waals surface area contributed by atoms with Gasteiger partial charge in [-0.15, -0.1) is 0 Å². The van der Waals surface area contributed by atoms with Crippen LogP contribution < -0.4 is 10.6 Å². The Kier molecular flexibility index (Phi) is 5.49. The standard InChI is InChI=1S/C12H17BrN2O/c1-9(2)14-8-7-12(16)15-11-5-3-10(13)4-6-11/h3-6,9,14H,7-8H2,1-2H3,(H,15,16). The van der Waals surface area contributed by atoms with Gasteiger partial charge in [0.2, 0.25) is 5.91 Å². The van der Waals surface area contributed by atoms with Crippen LogP contribution in [0.4, 0.5) is 5.69 Å². The van der Waals surface area contributed by atoms with Crippen molar-refractivity contribution in [2.24, 2.45) is 0 Å². The highest BCUT2D eigenvalue weighted by Gasteiger charge is 2.02. The average Bonchev–Trinajstić information content (AvgIpc) is 2.21. The maximum Gasteiger partial charge on any atom is 0.225 e. The minimum atomic E-state index is 0.0375. The molecule has 4 heteroatoms. The van der Waals surface area contributed by atoms with Gasteiger partial charge in [0.15, 0.2) is 0 Å². The Morgan fingerprint density at radius 2 is 1.94 bits per heavy atom. The lowest BCUT2D eigenvalue weighted by Gasteiger charge is -2.08. The van der Waals surface area contributed by atoms with Gasteiger partial charge >= 0.3 is 0 Å². The molecule has 0 unspecified atom stereocenters. The second-order valence-corrected chi connectivity index (χ2v) is 4.83. The number of benzene rings is 1. The fourth-order valence-corrected chi connectivity index (χ4v) is 1.50. The third-order valence-corrected chi connectivity index (χ3v) is 2.56. The van der Waals surface area contributed by atoms with Gasteiger partial charge in [0.05, 0.1) is 0 Å². The van der Waals surface area contributed by atoms with Crippen LogP contribution in [0.5, 0.6) is 0 Å². The van der Waals surface area contributed by atoms with E-state index >= 15 is 0 Å². The molecule has 0 fully saturated rings. The summed E-state index contributed by atoms with van der Waals surface area (Å²) < 4.78 is 1.01. The van der Waals surface area contributed by atoms with Gasteiger partial charge in [0.25, 0.3) is 0 Å². The molecule has 0 aliphatic carbocycles. The molecular weight excluding hydrogens is 268 g/mol. The van der Waals surface area contributed by atoms with Crippen molar-refractivity contribution >= 4 is 27.5 Å². The summed E-state index contributed by atoms with van der Waals surface area (Å²) in [4.78, 5) is 11.5. The van der Waals surface area contributed by atoms with Crippen molar-refractivity contribution in [1.29, 1.82) is 0 Å². The molecule has 3 nitrogen and oxygen atoms in total. The summed E-state index contributed by atoms with van der Waals surface area (Å²) in [6.45, 7) is 4.83. The van der Waals surface area contributed by atoms with E-state index in [9.17, 15) is 4.79 Å².